The topological polar surface area (TPSA) is 107 Å². The first-order valence-electron chi connectivity index (χ1n) is 7.97. The molecule has 1 aromatic heterocycles. The van der Waals surface area contributed by atoms with Gasteiger partial charge in [0.15, 0.2) is 11.9 Å². The second kappa shape index (κ2) is 9.26. The summed E-state index contributed by atoms with van der Waals surface area (Å²) in [5.41, 5.74) is 0.582. The molecule has 0 saturated heterocycles. The molecule has 2 rings (SSSR count). The average molecular weight is 357 g/mol. The molecule has 136 valence electrons. The van der Waals surface area contributed by atoms with Crippen LogP contribution in [0.2, 0.25) is 0 Å². The Morgan fingerprint density at radius 3 is 2.38 bits per heavy atom. The van der Waals surface area contributed by atoms with E-state index >= 15 is 0 Å². The highest BCUT2D eigenvalue weighted by Gasteiger charge is 2.18. The molecule has 26 heavy (non-hydrogen) atoms. The number of benzene rings is 1. The number of rotatable bonds is 8. The van der Waals surface area contributed by atoms with E-state index in [1.165, 1.54) is 26.2 Å². The summed E-state index contributed by atoms with van der Waals surface area (Å²) in [4.78, 5) is 42.6. The molecule has 0 fully saturated rings. The average Bonchev–Trinajstić information content (AvgIpc) is 2.63. The van der Waals surface area contributed by atoms with Gasteiger partial charge in [-0.25, -0.2) is 9.97 Å². The predicted molar refractivity (Wildman–Crippen MR) is 92.8 cm³/mol. The summed E-state index contributed by atoms with van der Waals surface area (Å²) in [5.74, 6) is -0.451. The molecule has 0 aliphatic carbocycles. The molecule has 1 N–H and O–H groups in total. The summed E-state index contributed by atoms with van der Waals surface area (Å²) in [5, 5.41) is 2.45. The lowest BCUT2D eigenvalue weighted by molar-refractivity contribution is -0.153. The minimum Gasteiger partial charge on any atom is -0.493 e. The lowest BCUT2D eigenvalue weighted by Gasteiger charge is -2.13. The number of amides is 1. The second-order valence-electron chi connectivity index (χ2n) is 5.37. The molecular formula is C18H19N3O5. The van der Waals surface area contributed by atoms with E-state index in [4.69, 9.17) is 9.47 Å². The Kier molecular flexibility index (Phi) is 6.78. The Balaban J connectivity index is 1.72. The van der Waals surface area contributed by atoms with Crippen LogP contribution in [0.1, 0.15) is 30.6 Å². The molecule has 0 aliphatic rings. The number of Topliss-reactive ketones (excluding diaryl/α,β-unsaturated/α-hetero) is 1. The number of carbonyl (C=O) groups is 3. The predicted octanol–water partition coefficient (Wildman–Crippen LogP) is 2.02. The highest BCUT2D eigenvalue weighted by Crippen LogP contribution is 2.13. The third-order valence-corrected chi connectivity index (χ3v) is 3.31. The number of ketones is 1. The van der Waals surface area contributed by atoms with E-state index in [0.717, 1.165) is 0 Å². The van der Waals surface area contributed by atoms with Crippen LogP contribution in [0.15, 0.2) is 42.7 Å². The van der Waals surface area contributed by atoms with Gasteiger partial charge in [0.1, 0.15) is 5.75 Å². The Morgan fingerprint density at radius 2 is 1.77 bits per heavy atom. The maximum atomic E-state index is 11.9. The Bertz CT molecular complexity index is 762. The minimum absolute atomic E-state index is 0.0199. The number of hydrogen-bond acceptors (Lipinski definition) is 7. The quantitative estimate of drug-likeness (QED) is 0.569. The van der Waals surface area contributed by atoms with E-state index in [9.17, 15) is 14.4 Å². The monoisotopic (exact) mass is 357 g/mol. The van der Waals surface area contributed by atoms with E-state index in [2.05, 4.69) is 15.3 Å². The Hall–Kier alpha value is -3.29. The molecule has 8 nitrogen and oxygen atoms in total. The van der Waals surface area contributed by atoms with Gasteiger partial charge in [-0.15, -0.1) is 0 Å². The number of hydrogen-bond donors (Lipinski definition) is 1. The highest BCUT2D eigenvalue weighted by atomic mass is 16.5. The van der Waals surface area contributed by atoms with Gasteiger partial charge in [-0.05, 0) is 44.2 Å². The van der Waals surface area contributed by atoms with Gasteiger partial charge in [0.25, 0.3) is 5.91 Å². The van der Waals surface area contributed by atoms with Gasteiger partial charge in [-0.1, -0.05) is 0 Å². The largest absolute Gasteiger partial charge is 0.493 e. The normalized spacial score (nSPS) is 11.3. The molecule has 1 atom stereocenters. The van der Waals surface area contributed by atoms with Crippen LogP contribution in [-0.4, -0.2) is 40.3 Å². The van der Waals surface area contributed by atoms with Gasteiger partial charge in [-0.3, -0.25) is 19.7 Å². The summed E-state index contributed by atoms with van der Waals surface area (Å²) in [6.07, 6.45) is 1.97. The van der Waals surface area contributed by atoms with Crippen LogP contribution >= 0.6 is 0 Å². The summed E-state index contributed by atoms with van der Waals surface area (Å²) >= 11 is 0. The van der Waals surface area contributed by atoms with Crippen LogP contribution < -0.4 is 10.1 Å². The lowest BCUT2D eigenvalue weighted by Crippen LogP contribution is -2.31. The first-order valence-corrected chi connectivity index (χ1v) is 7.97. The first kappa shape index (κ1) is 19.0. The Labute approximate surface area is 150 Å². The van der Waals surface area contributed by atoms with E-state index in [-0.39, 0.29) is 24.8 Å². The number of ether oxygens (including phenoxy) is 2. The van der Waals surface area contributed by atoms with Gasteiger partial charge >= 0.3 is 5.97 Å². The minimum atomic E-state index is -0.985. The van der Waals surface area contributed by atoms with Gasteiger partial charge < -0.3 is 9.47 Å². The molecule has 8 heteroatoms. The lowest BCUT2D eigenvalue weighted by atomic mass is 10.1. The van der Waals surface area contributed by atoms with Crippen molar-refractivity contribution in [3.63, 3.8) is 0 Å². The standard InChI is InChI=1S/C18H19N3O5/c1-12(22)14-4-6-15(7-5-14)25-11-8-16(23)26-13(2)17(24)21-18-19-9-3-10-20-18/h3-7,9-10,13H,8,11H2,1-2H3,(H,19,20,21,24). The number of esters is 1. The van der Waals surface area contributed by atoms with E-state index in [1.54, 1.807) is 30.3 Å². The first-order chi connectivity index (χ1) is 12.5. The summed E-state index contributed by atoms with van der Waals surface area (Å²) < 4.78 is 10.5. The molecule has 1 unspecified atom stereocenters. The number of carbonyl (C=O) groups excluding carboxylic acids is 3. The van der Waals surface area contributed by atoms with Gasteiger partial charge in [0.2, 0.25) is 5.95 Å². The number of aromatic nitrogens is 2. The number of anilines is 1. The molecule has 0 bridgehead atoms. The molecule has 0 aliphatic heterocycles. The summed E-state index contributed by atoms with van der Waals surface area (Å²) in [6.45, 7) is 3.03. The van der Waals surface area contributed by atoms with Crippen LogP contribution in [0, 0.1) is 0 Å². The Morgan fingerprint density at radius 1 is 1.12 bits per heavy atom. The van der Waals surface area contributed by atoms with Crippen LogP contribution in [0.25, 0.3) is 0 Å². The van der Waals surface area contributed by atoms with E-state index < -0.39 is 18.0 Å². The SMILES string of the molecule is CC(=O)c1ccc(OCCC(=O)OC(C)C(=O)Nc2ncccn2)cc1. The molecular weight excluding hydrogens is 338 g/mol. The van der Waals surface area contributed by atoms with Crippen LogP contribution in [0.3, 0.4) is 0 Å². The van der Waals surface area contributed by atoms with Crippen molar-refractivity contribution in [1.29, 1.82) is 0 Å². The summed E-state index contributed by atoms with van der Waals surface area (Å²) in [7, 11) is 0. The third-order valence-electron chi connectivity index (χ3n) is 3.31. The molecule has 1 aromatic carbocycles. The molecule has 1 heterocycles. The maximum absolute atomic E-state index is 11.9. The van der Waals surface area contributed by atoms with Crippen LogP contribution in [0.4, 0.5) is 5.95 Å². The molecule has 1 amide bonds. The van der Waals surface area contributed by atoms with Crippen molar-refractivity contribution in [2.24, 2.45) is 0 Å². The van der Waals surface area contributed by atoms with Crippen molar-refractivity contribution in [3.05, 3.63) is 48.3 Å². The zero-order valence-electron chi connectivity index (χ0n) is 14.5. The molecule has 0 radical (unpaired) electrons. The van der Waals surface area contributed by atoms with E-state index in [0.29, 0.717) is 11.3 Å². The smallest absolute Gasteiger partial charge is 0.310 e. The van der Waals surface area contributed by atoms with Gasteiger partial charge in [-0.2, -0.15) is 0 Å². The van der Waals surface area contributed by atoms with E-state index in [1.807, 2.05) is 0 Å². The fourth-order valence-corrected chi connectivity index (χ4v) is 1.92. The van der Waals surface area contributed by atoms with Crippen molar-refractivity contribution in [2.45, 2.75) is 26.4 Å². The molecule has 2 aromatic rings. The summed E-state index contributed by atoms with van der Waals surface area (Å²) in [6, 6.07) is 8.21. The zero-order valence-corrected chi connectivity index (χ0v) is 14.5. The van der Waals surface area contributed by atoms with Gasteiger partial charge in [0.05, 0.1) is 13.0 Å². The van der Waals surface area contributed by atoms with Crippen molar-refractivity contribution in [1.82, 2.24) is 9.97 Å². The van der Waals surface area contributed by atoms with Crippen molar-refractivity contribution in [2.75, 3.05) is 11.9 Å². The highest BCUT2D eigenvalue weighted by molar-refractivity contribution is 5.94. The number of nitrogens with one attached hydrogen (secondary N) is 1. The van der Waals surface area contributed by atoms with Crippen molar-refractivity contribution < 1.29 is 23.9 Å². The van der Waals surface area contributed by atoms with Crippen LogP contribution in [0.5, 0.6) is 5.75 Å². The fourth-order valence-electron chi connectivity index (χ4n) is 1.92. The second-order valence-corrected chi connectivity index (χ2v) is 5.37. The zero-order chi connectivity index (χ0) is 18.9. The van der Waals surface area contributed by atoms with Crippen LogP contribution in [-0.2, 0) is 14.3 Å². The van der Waals surface area contributed by atoms with Gasteiger partial charge in [0, 0.05) is 18.0 Å². The van der Waals surface area contributed by atoms with Crippen molar-refractivity contribution in [3.8, 4) is 5.75 Å². The fraction of sp³-hybridized carbons (Fsp3) is 0.278. The maximum Gasteiger partial charge on any atom is 0.310 e. The molecule has 0 spiro atoms. The number of nitrogens with zero attached hydrogens (tertiary/aromatic N) is 2. The van der Waals surface area contributed by atoms with Crippen molar-refractivity contribution >= 4 is 23.6 Å². The third kappa shape index (κ3) is 5.97. The molecule has 0 saturated carbocycles.